The SMILES string of the molecule is COc1cc2c(cc1OC)[C@H](c1ccccc1)N1CCNC(OC)(OC)[C@@H]1C2.Cl.Cl. The van der Waals surface area contributed by atoms with Gasteiger partial charge >= 0.3 is 0 Å². The Kier molecular flexibility index (Phi) is 8.39. The molecule has 1 N–H and O–H groups in total. The van der Waals surface area contributed by atoms with E-state index < -0.39 is 5.91 Å². The van der Waals surface area contributed by atoms with Gasteiger partial charge in [0.25, 0.3) is 0 Å². The molecule has 30 heavy (non-hydrogen) atoms. The zero-order chi connectivity index (χ0) is 19.7. The number of piperazine rings is 1. The highest BCUT2D eigenvalue weighted by atomic mass is 35.5. The summed E-state index contributed by atoms with van der Waals surface area (Å²) in [6.45, 7) is 1.68. The minimum absolute atomic E-state index is 0. The quantitative estimate of drug-likeness (QED) is 0.695. The largest absolute Gasteiger partial charge is 0.493 e. The molecule has 2 heterocycles. The fourth-order valence-electron chi connectivity index (χ4n) is 4.67. The molecule has 166 valence electrons. The molecule has 0 radical (unpaired) electrons. The summed E-state index contributed by atoms with van der Waals surface area (Å²) >= 11 is 0. The zero-order valence-electron chi connectivity index (χ0n) is 17.7. The van der Waals surface area contributed by atoms with Crippen LogP contribution < -0.4 is 14.8 Å². The average molecular weight is 457 g/mol. The van der Waals surface area contributed by atoms with E-state index >= 15 is 0 Å². The number of halogens is 2. The second kappa shape index (κ2) is 10.2. The summed E-state index contributed by atoms with van der Waals surface area (Å²) < 4.78 is 22.9. The van der Waals surface area contributed by atoms with E-state index in [1.807, 2.05) is 6.07 Å². The smallest absolute Gasteiger partial charge is 0.243 e. The Labute approximate surface area is 190 Å². The van der Waals surface area contributed by atoms with Crippen molar-refractivity contribution in [3.8, 4) is 11.5 Å². The number of benzene rings is 2. The lowest BCUT2D eigenvalue weighted by atomic mass is 9.82. The molecule has 8 heteroatoms. The predicted molar refractivity (Wildman–Crippen MR) is 121 cm³/mol. The first-order valence-corrected chi connectivity index (χ1v) is 9.58. The van der Waals surface area contributed by atoms with E-state index in [0.717, 1.165) is 31.0 Å². The lowest BCUT2D eigenvalue weighted by Crippen LogP contribution is -2.70. The summed E-state index contributed by atoms with van der Waals surface area (Å²) in [5, 5.41) is 3.44. The summed E-state index contributed by atoms with van der Waals surface area (Å²) in [5.74, 6) is 0.641. The van der Waals surface area contributed by atoms with Crippen LogP contribution in [0.3, 0.4) is 0 Å². The molecule has 0 spiro atoms. The Morgan fingerprint density at radius 1 is 0.933 bits per heavy atom. The highest BCUT2D eigenvalue weighted by Crippen LogP contribution is 2.45. The van der Waals surface area contributed by atoms with Gasteiger partial charge in [0.15, 0.2) is 11.5 Å². The van der Waals surface area contributed by atoms with E-state index in [2.05, 4.69) is 46.6 Å². The van der Waals surface area contributed by atoms with Crippen molar-refractivity contribution in [3.63, 3.8) is 0 Å². The molecule has 2 atom stereocenters. The van der Waals surface area contributed by atoms with Gasteiger partial charge in [-0.2, -0.15) is 0 Å². The molecule has 0 bridgehead atoms. The van der Waals surface area contributed by atoms with Crippen molar-refractivity contribution in [3.05, 3.63) is 59.2 Å². The van der Waals surface area contributed by atoms with Gasteiger partial charge < -0.3 is 18.9 Å². The van der Waals surface area contributed by atoms with Crippen LogP contribution in [0, 0.1) is 0 Å². The lowest BCUT2D eigenvalue weighted by Gasteiger charge is -2.53. The van der Waals surface area contributed by atoms with Crippen LogP contribution in [-0.2, 0) is 15.9 Å². The molecule has 2 aromatic rings. The first kappa shape index (κ1) is 24.7. The van der Waals surface area contributed by atoms with E-state index in [-0.39, 0.29) is 36.9 Å². The molecule has 0 saturated carbocycles. The number of fused-ring (bicyclic) bond motifs is 2. The van der Waals surface area contributed by atoms with E-state index in [1.165, 1.54) is 16.7 Å². The number of ether oxygens (including phenoxy) is 4. The van der Waals surface area contributed by atoms with Crippen molar-refractivity contribution in [2.45, 2.75) is 24.4 Å². The predicted octanol–water partition coefficient (Wildman–Crippen LogP) is 3.41. The average Bonchev–Trinajstić information content (AvgIpc) is 2.76. The molecule has 0 amide bonds. The molecule has 1 saturated heterocycles. The number of nitrogens with zero attached hydrogens (tertiary/aromatic N) is 1. The topological polar surface area (TPSA) is 52.2 Å². The van der Waals surface area contributed by atoms with Gasteiger partial charge in [0.2, 0.25) is 5.91 Å². The van der Waals surface area contributed by atoms with Crippen LogP contribution in [-0.4, -0.2) is 58.4 Å². The summed E-state index contributed by atoms with van der Waals surface area (Å²) in [6, 6.07) is 14.9. The maximum atomic E-state index is 5.87. The van der Waals surface area contributed by atoms with E-state index in [0.29, 0.717) is 0 Å². The Balaban J connectivity index is 0.00000160. The lowest BCUT2D eigenvalue weighted by molar-refractivity contribution is -0.280. The van der Waals surface area contributed by atoms with E-state index in [1.54, 1.807) is 28.4 Å². The van der Waals surface area contributed by atoms with Crippen molar-refractivity contribution in [1.29, 1.82) is 0 Å². The number of methoxy groups -OCH3 is 4. The zero-order valence-corrected chi connectivity index (χ0v) is 19.3. The second-order valence-electron chi connectivity index (χ2n) is 7.18. The van der Waals surface area contributed by atoms with Crippen LogP contribution in [0.2, 0.25) is 0 Å². The maximum Gasteiger partial charge on any atom is 0.243 e. The van der Waals surface area contributed by atoms with Crippen LogP contribution in [0.25, 0.3) is 0 Å². The number of hydrogen-bond donors (Lipinski definition) is 1. The second-order valence-corrected chi connectivity index (χ2v) is 7.18. The van der Waals surface area contributed by atoms with Crippen LogP contribution in [0.1, 0.15) is 22.7 Å². The Hall–Kier alpha value is -1.54. The summed E-state index contributed by atoms with van der Waals surface area (Å²) in [5.41, 5.74) is 3.70. The molecule has 0 aromatic heterocycles. The third-order valence-corrected chi connectivity index (χ3v) is 5.99. The van der Waals surface area contributed by atoms with Gasteiger partial charge in [-0.15, -0.1) is 24.8 Å². The Morgan fingerprint density at radius 3 is 2.17 bits per heavy atom. The molecule has 6 nitrogen and oxygen atoms in total. The number of hydrogen-bond acceptors (Lipinski definition) is 6. The molecule has 2 aliphatic rings. The fraction of sp³-hybridized carbons (Fsp3) is 0.455. The summed E-state index contributed by atoms with van der Waals surface area (Å²) in [6.07, 6.45) is 0.785. The van der Waals surface area contributed by atoms with Crippen LogP contribution >= 0.6 is 24.8 Å². The Bertz CT molecular complexity index is 833. The third-order valence-electron chi connectivity index (χ3n) is 5.99. The van der Waals surface area contributed by atoms with Gasteiger partial charge in [-0.25, -0.2) is 0 Å². The number of nitrogens with one attached hydrogen (secondary N) is 1. The third kappa shape index (κ3) is 4.00. The number of rotatable bonds is 5. The minimum Gasteiger partial charge on any atom is -0.493 e. The van der Waals surface area contributed by atoms with Gasteiger partial charge in [-0.1, -0.05) is 30.3 Å². The molecule has 2 aromatic carbocycles. The van der Waals surface area contributed by atoms with Gasteiger partial charge in [0.05, 0.1) is 26.3 Å². The normalized spacial score (nSPS) is 22.0. The molecular formula is C22H30Cl2N2O4. The van der Waals surface area contributed by atoms with Crippen LogP contribution in [0.15, 0.2) is 42.5 Å². The van der Waals surface area contributed by atoms with Crippen molar-refractivity contribution in [1.82, 2.24) is 10.2 Å². The molecule has 0 unspecified atom stereocenters. The van der Waals surface area contributed by atoms with Gasteiger partial charge in [-0.3, -0.25) is 10.2 Å². The summed E-state index contributed by atoms with van der Waals surface area (Å²) in [7, 11) is 6.74. The highest BCUT2D eigenvalue weighted by molar-refractivity contribution is 5.85. The highest BCUT2D eigenvalue weighted by Gasteiger charge is 2.51. The first-order chi connectivity index (χ1) is 13.7. The first-order valence-electron chi connectivity index (χ1n) is 9.58. The molecule has 0 aliphatic carbocycles. The van der Waals surface area contributed by atoms with Crippen molar-refractivity contribution in [2.24, 2.45) is 0 Å². The molecule has 2 aliphatic heterocycles. The molecule has 1 fully saturated rings. The van der Waals surface area contributed by atoms with Crippen molar-refractivity contribution in [2.75, 3.05) is 41.5 Å². The Morgan fingerprint density at radius 2 is 1.57 bits per heavy atom. The molecule has 4 rings (SSSR count). The van der Waals surface area contributed by atoms with Crippen LogP contribution in [0.5, 0.6) is 11.5 Å². The van der Waals surface area contributed by atoms with Crippen molar-refractivity contribution < 1.29 is 18.9 Å². The fourth-order valence-corrected chi connectivity index (χ4v) is 4.67. The standard InChI is InChI=1S/C22H28N2O4.2ClH/c1-25-18-12-16-13-20-22(27-3,28-4)23-10-11-24(20)21(15-8-6-5-7-9-15)17(16)14-19(18)26-2;;/h5-9,12,14,20-21,23H,10-11,13H2,1-4H3;2*1H/t20-,21-;;/m0../s1. The maximum absolute atomic E-state index is 5.87. The van der Waals surface area contributed by atoms with E-state index in [9.17, 15) is 0 Å². The molecular weight excluding hydrogens is 427 g/mol. The van der Waals surface area contributed by atoms with Gasteiger partial charge in [0.1, 0.15) is 0 Å². The minimum atomic E-state index is -0.851. The van der Waals surface area contributed by atoms with Crippen molar-refractivity contribution >= 4 is 24.8 Å². The van der Waals surface area contributed by atoms with Gasteiger partial charge in [-0.05, 0) is 35.2 Å². The summed E-state index contributed by atoms with van der Waals surface area (Å²) in [4.78, 5) is 2.48. The van der Waals surface area contributed by atoms with E-state index in [4.69, 9.17) is 18.9 Å². The van der Waals surface area contributed by atoms with Gasteiger partial charge in [0, 0.05) is 27.3 Å². The van der Waals surface area contributed by atoms with Crippen LogP contribution in [0.4, 0.5) is 0 Å². The monoisotopic (exact) mass is 456 g/mol.